The molecule has 3 heteroatoms. The van der Waals surface area contributed by atoms with Crippen molar-refractivity contribution in [2.75, 3.05) is 0 Å². The van der Waals surface area contributed by atoms with Gasteiger partial charge in [-0.1, -0.05) is 18.2 Å². The molecule has 0 aliphatic carbocycles. The van der Waals surface area contributed by atoms with Gasteiger partial charge in [0.25, 0.3) is 0 Å². The first-order valence-electron chi connectivity index (χ1n) is 3.74. The van der Waals surface area contributed by atoms with Gasteiger partial charge in [0.1, 0.15) is 5.76 Å². The number of benzene rings is 1. The minimum absolute atomic E-state index is 0.336. The number of ether oxygens (including phenoxy) is 1. The molecule has 0 saturated heterocycles. The molecule has 0 bridgehead atoms. The summed E-state index contributed by atoms with van der Waals surface area (Å²) < 4.78 is 4.87. The van der Waals surface area contributed by atoms with E-state index in [1.54, 1.807) is 24.3 Å². The topological polar surface area (TPSA) is 50.1 Å². The maximum Gasteiger partial charge on any atom is 0.344 e. The number of rotatable bonds is 0. The molecule has 0 amide bonds. The van der Waals surface area contributed by atoms with E-state index in [2.05, 4.69) is 0 Å². The first-order chi connectivity index (χ1) is 6.33. The van der Waals surface area contributed by atoms with E-state index in [0.29, 0.717) is 16.9 Å². The van der Waals surface area contributed by atoms with Crippen molar-refractivity contribution in [3.05, 3.63) is 41.5 Å². The number of nitrogens with zero attached hydrogens (tertiary/aromatic N) is 1. The number of carbonyl (C=O) groups excluding carboxylic acids is 1. The third kappa shape index (κ3) is 1.09. The van der Waals surface area contributed by atoms with Gasteiger partial charge in [0.05, 0.1) is 17.7 Å². The van der Waals surface area contributed by atoms with E-state index in [1.807, 2.05) is 6.07 Å². The average Bonchev–Trinajstić information content (AvgIpc) is 2.46. The Labute approximate surface area is 74.9 Å². The molecule has 0 unspecified atom stereocenters. The average molecular weight is 171 g/mol. The molecule has 1 aromatic rings. The Hall–Kier alpha value is -2.08. The van der Waals surface area contributed by atoms with Crippen LogP contribution in [0, 0.1) is 11.3 Å². The van der Waals surface area contributed by atoms with Crippen LogP contribution in [0.25, 0.3) is 5.76 Å². The molecule has 0 spiro atoms. The monoisotopic (exact) mass is 171 g/mol. The third-order valence-electron chi connectivity index (χ3n) is 1.81. The summed E-state index contributed by atoms with van der Waals surface area (Å²) in [6, 6.07) is 8.82. The summed E-state index contributed by atoms with van der Waals surface area (Å²) in [5.74, 6) is -0.0554. The third-order valence-corrected chi connectivity index (χ3v) is 1.81. The molecule has 0 N–H and O–H groups in total. The lowest BCUT2D eigenvalue weighted by molar-refractivity contribution is 0.0716. The maximum absolute atomic E-state index is 11.2. The van der Waals surface area contributed by atoms with Crippen LogP contribution in [0.2, 0.25) is 0 Å². The van der Waals surface area contributed by atoms with Crippen molar-refractivity contribution in [2.24, 2.45) is 0 Å². The van der Waals surface area contributed by atoms with E-state index in [9.17, 15) is 4.79 Å². The molecular weight excluding hydrogens is 166 g/mol. The van der Waals surface area contributed by atoms with Crippen molar-refractivity contribution in [1.29, 1.82) is 5.26 Å². The molecule has 13 heavy (non-hydrogen) atoms. The van der Waals surface area contributed by atoms with E-state index < -0.39 is 5.97 Å². The molecule has 1 aromatic carbocycles. The Morgan fingerprint density at radius 3 is 2.69 bits per heavy atom. The maximum atomic E-state index is 11.2. The van der Waals surface area contributed by atoms with Gasteiger partial charge in [-0.3, -0.25) is 0 Å². The van der Waals surface area contributed by atoms with Gasteiger partial charge in [-0.05, 0) is 6.07 Å². The molecule has 3 nitrogen and oxygen atoms in total. The number of carbonyl (C=O) groups is 1. The van der Waals surface area contributed by atoms with Gasteiger partial charge in [-0.15, -0.1) is 0 Å². The highest BCUT2D eigenvalue weighted by molar-refractivity contribution is 6.03. The molecule has 1 aliphatic heterocycles. The first kappa shape index (κ1) is 7.56. The largest absolute Gasteiger partial charge is 0.421 e. The van der Waals surface area contributed by atoms with Gasteiger partial charge in [0.2, 0.25) is 0 Å². The predicted molar refractivity (Wildman–Crippen MR) is 45.4 cm³/mol. The Morgan fingerprint density at radius 1 is 1.31 bits per heavy atom. The van der Waals surface area contributed by atoms with Gasteiger partial charge in [-0.25, -0.2) is 4.79 Å². The Bertz CT molecular complexity index is 440. The van der Waals surface area contributed by atoms with Crippen molar-refractivity contribution in [1.82, 2.24) is 0 Å². The zero-order chi connectivity index (χ0) is 9.26. The predicted octanol–water partition coefficient (Wildman–Crippen LogP) is 1.72. The molecule has 2 rings (SSSR count). The number of fused-ring (bicyclic) bond motifs is 1. The molecule has 0 saturated carbocycles. The normalized spacial score (nSPS) is 16.5. The van der Waals surface area contributed by atoms with Gasteiger partial charge in [0, 0.05) is 5.56 Å². The summed E-state index contributed by atoms with van der Waals surface area (Å²) in [7, 11) is 0. The molecule has 1 heterocycles. The van der Waals surface area contributed by atoms with Crippen LogP contribution in [0.1, 0.15) is 15.9 Å². The van der Waals surface area contributed by atoms with Crippen LogP contribution in [-0.2, 0) is 4.74 Å². The summed E-state index contributed by atoms with van der Waals surface area (Å²) >= 11 is 0. The number of hydrogen-bond donors (Lipinski definition) is 0. The fourth-order valence-electron chi connectivity index (χ4n) is 1.25. The van der Waals surface area contributed by atoms with E-state index >= 15 is 0 Å². The lowest BCUT2D eigenvalue weighted by Gasteiger charge is -1.92. The number of nitriles is 1. The van der Waals surface area contributed by atoms with Crippen LogP contribution in [0.4, 0.5) is 0 Å². The molecule has 0 radical (unpaired) electrons. The fourth-order valence-corrected chi connectivity index (χ4v) is 1.25. The highest BCUT2D eigenvalue weighted by Gasteiger charge is 2.25. The van der Waals surface area contributed by atoms with Gasteiger partial charge in [0.15, 0.2) is 0 Å². The standard InChI is InChI=1S/C10H5NO2/c11-6-5-9-7-3-1-2-4-8(7)10(12)13-9/h1-5H/b9-5+. The highest BCUT2D eigenvalue weighted by Crippen LogP contribution is 2.28. The van der Waals surface area contributed by atoms with Gasteiger partial charge in [-0.2, -0.15) is 5.26 Å². The lowest BCUT2D eigenvalue weighted by atomic mass is 10.1. The van der Waals surface area contributed by atoms with Crippen molar-refractivity contribution in [3.8, 4) is 6.07 Å². The van der Waals surface area contributed by atoms with E-state index in [-0.39, 0.29) is 0 Å². The summed E-state index contributed by atoms with van der Waals surface area (Å²) in [6.07, 6.45) is 1.23. The number of allylic oxidation sites excluding steroid dienone is 1. The van der Waals surface area contributed by atoms with Crippen LogP contribution in [0.15, 0.2) is 30.3 Å². The zero-order valence-corrected chi connectivity index (χ0v) is 6.65. The number of esters is 1. The van der Waals surface area contributed by atoms with Crippen molar-refractivity contribution in [2.45, 2.75) is 0 Å². The second-order valence-corrected chi connectivity index (χ2v) is 2.57. The summed E-state index contributed by atoms with van der Waals surface area (Å²) in [4.78, 5) is 11.2. The Kier molecular flexibility index (Phi) is 1.60. The number of cyclic esters (lactones) is 1. The van der Waals surface area contributed by atoms with E-state index in [0.717, 1.165) is 0 Å². The SMILES string of the molecule is N#C/C=C1/OC(=O)c2ccccc21. The van der Waals surface area contributed by atoms with Gasteiger partial charge >= 0.3 is 5.97 Å². The molecule has 0 aromatic heterocycles. The molecule has 0 atom stereocenters. The van der Waals surface area contributed by atoms with Crippen LogP contribution in [0.3, 0.4) is 0 Å². The smallest absolute Gasteiger partial charge is 0.344 e. The minimum Gasteiger partial charge on any atom is -0.421 e. The molecule has 62 valence electrons. The summed E-state index contributed by atoms with van der Waals surface area (Å²) in [6.45, 7) is 0. The Morgan fingerprint density at radius 2 is 2.00 bits per heavy atom. The summed E-state index contributed by atoms with van der Waals surface area (Å²) in [5, 5.41) is 8.42. The minimum atomic E-state index is -0.392. The first-order valence-corrected chi connectivity index (χ1v) is 3.74. The van der Waals surface area contributed by atoms with Crippen molar-refractivity contribution < 1.29 is 9.53 Å². The van der Waals surface area contributed by atoms with Crippen LogP contribution in [-0.4, -0.2) is 5.97 Å². The molecule has 0 fully saturated rings. The summed E-state index contributed by atoms with van der Waals surface area (Å²) in [5.41, 5.74) is 1.21. The molecular formula is C10H5NO2. The van der Waals surface area contributed by atoms with Crippen molar-refractivity contribution in [3.63, 3.8) is 0 Å². The number of hydrogen-bond acceptors (Lipinski definition) is 3. The fraction of sp³-hybridized carbons (Fsp3) is 0. The quantitative estimate of drug-likeness (QED) is 0.441. The second kappa shape index (κ2) is 2.76. The lowest BCUT2D eigenvalue weighted by Crippen LogP contribution is -1.92. The highest BCUT2D eigenvalue weighted by atomic mass is 16.5. The van der Waals surface area contributed by atoms with Crippen molar-refractivity contribution >= 4 is 11.7 Å². The molecule has 1 aliphatic rings. The van der Waals surface area contributed by atoms with Gasteiger partial charge < -0.3 is 4.74 Å². The Balaban J connectivity index is 2.61. The van der Waals surface area contributed by atoms with Crippen LogP contribution >= 0.6 is 0 Å². The van der Waals surface area contributed by atoms with Crippen LogP contribution in [0.5, 0.6) is 0 Å². The van der Waals surface area contributed by atoms with E-state index in [1.165, 1.54) is 6.08 Å². The van der Waals surface area contributed by atoms with E-state index in [4.69, 9.17) is 10.00 Å². The van der Waals surface area contributed by atoms with Crippen LogP contribution < -0.4 is 0 Å². The zero-order valence-electron chi connectivity index (χ0n) is 6.65. The second-order valence-electron chi connectivity index (χ2n) is 2.57.